The topological polar surface area (TPSA) is 18.5 Å². The lowest BCUT2D eigenvalue weighted by atomic mass is 10.1. The Balaban J connectivity index is 1.46. The molecule has 1 unspecified atom stereocenters. The second-order valence-corrected chi connectivity index (χ2v) is 8.21. The van der Waals surface area contributed by atoms with E-state index in [0.29, 0.717) is 0 Å². The summed E-state index contributed by atoms with van der Waals surface area (Å²) < 4.78 is 0. The van der Waals surface area contributed by atoms with Crippen LogP contribution in [0.1, 0.15) is 36.4 Å². The average molecular weight is 308 g/mol. The van der Waals surface area contributed by atoms with Gasteiger partial charge in [-0.25, -0.2) is 0 Å². The Labute approximate surface area is 133 Å². The van der Waals surface area contributed by atoms with Crippen molar-refractivity contribution in [3.63, 3.8) is 0 Å². The number of piperazine rings is 1. The molecule has 0 radical (unpaired) electrons. The lowest BCUT2D eigenvalue weighted by Gasteiger charge is -2.37. The monoisotopic (exact) mass is 307 g/mol. The van der Waals surface area contributed by atoms with E-state index >= 15 is 0 Å². The zero-order chi connectivity index (χ0) is 14.7. The van der Waals surface area contributed by atoms with E-state index in [0.717, 1.165) is 31.6 Å². The molecule has 21 heavy (non-hydrogen) atoms. The van der Waals surface area contributed by atoms with E-state index in [-0.39, 0.29) is 0 Å². The van der Waals surface area contributed by atoms with Gasteiger partial charge in [-0.3, -0.25) is 9.80 Å². The zero-order valence-corrected chi connectivity index (χ0v) is 14.3. The Morgan fingerprint density at radius 3 is 2.95 bits per heavy atom. The van der Waals surface area contributed by atoms with Crippen LogP contribution in [0, 0.1) is 5.92 Å². The van der Waals surface area contributed by atoms with Crippen LogP contribution in [0.4, 0.5) is 0 Å². The standard InChI is InChI=1S/C17H29N3S/c1-14(2)10-18-11-16-5-6-17(21-16)13-19-8-9-20-7-3-4-15(20)12-19/h5-6,14-15,18H,3-4,7-13H2,1-2H3. The van der Waals surface area contributed by atoms with Crippen molar-refractivity contribution in [2.75, 3.05) is 32.7 Å². The van der Waals surface area contributed by atoms with Crippen molar-refractivity contribution in [1.82, 2.24) is 15.1 Å². The van der Waals surface area contributed by atoms with E-state index < -0.39 is 0 Å². The van der Waals surface area contributed by atoms with Gasteiger partial charge < -0.3 is 5.32 Å². The molecule has 0 aromatic carbocycles. The molecule has 0 aliphatic carbocycles. The molecule has 0 amide bonds. The van der Waals surface area contributed by atoms with E-state index in [1.165, 1.54) is 48.8 Å². The first-order valence-electron chi connectivity index (χ1n) is 8.45. The van der Waals surface area contributed by atoms with Crippen molar-refractivity contribution < 1.29 is 0 Å². The Bertz CT molecular complexity index is 443. The highest BCUT2D eigenvalue weighted by Crippen LogP contribution is 2.24. The quantitative estimate of drug-likeness (QED) is 0.872. The number of nitrogens with one attached hydrogen (secondary N) is 1. The van der Waals surface area contributed by atoms with Crippen LogP contribution >= 0.6 is 11.3 Å². The maximum Gasteiger partial charge on any atom is 0.0329 e. The van der Waals surface area contributed by atoms with Gasteiger partial charge in [-0.15, -0.1) is 11.3 Å². The molecule has 1 aromatic rings. The highest BCUT2D eigenvalue weighted by Gasteiger charge is 2.30. The molecular weight excluding hydrogens is 278 g/mol. The number of thiophene rings is 1. The molecular formula is C17H29N3S. The lowest BCUT2D eigenvalue weighted by Crippen LogP contribution is -2.49. The Hall–Kier alpha value is -0.420. The van der Waals surface area contributed by atoms with Crippen LogP contribution in [0.2, 0.25) is 0 Å². The van der Waals surface area contributed by atoms with Crippen molar-refractivity contribution >= 4 is 11.3 Å². The number of hydrogen-bond donors (Lipinski definition) is 1. The lowest BCUT2D eigenvalue weighted by molar-refractivity contribution is 0.100. The third-order valence-corrected chi connectivity index (χ3v) is 5.69. The van der Waals surface area contributed by atoms with E-state index in [1.807, 2.05) is 11.3 Å². The zero-order valence-electron chi connectivity index (χ0n) is 13.5. The summed E-state index contributed by atoms with van der Waals surface area (Å²) in [6.07, 6.45) is 2.81. The molecule has 1 aromatic heterocycles. The summed E-state index contributed by atoms with van der Waals surface area (Å²) in [5, 5.41) is 3.54. The van der Waals surface area contributed by atoms with Crippen LogP contribution in [-0.2, 0) is 13.1 Å². The molecule has 2 aliphatic heterocycles. The fraction of sp³-hybridized carbons (Fsp3) is 0.765. The van der Waals surface area contributed by atoms with Crippen LogP contribution in [0.3, 0.4) is 0 Å². The van der Waals surface area contributed by atoms with Crippen LogP contribution in [0.15, 0.2) is 12.1 Å². The van der Waals surface area contributed by atoms with Gasteiger partial charge in [-0.05, 0) is 44.0 Å². The molecule has 4 heteroatoms. The van der Waals surface area contributed by atoms with Crippen LogP contribution in [0.5, 0.6) is 0 Å². The van der Waals surface area contributed by atoms with E-state index in [1.54, 1.807) is 0 Å². The van der Waals surface area contributed by atoms with Gasteiger partial charge in [-0.1, -0.05) is 13.8 Å². The minimum atomic E-state index is 0.729. The first-order chi connectivity index (χ1) is 10.2. The van der Waals surface area contributed by atoms with Gasteiger partial charge in [0, 0.05) is 48.5 Å². The molecule has 3 nitrogen and oxygen atoms in total. The van der Waals surface area contributed by atoms with Gasteiger partial charge in [0.15, 0.2) is 0 Å². The third-order valence-electron chi connectivity index (χ3n) is 4.62. The van der Waals surface area contributed by atoms with Gasteiger partial charge in [0.1, 0.15) is 0 Å². The Morgan fingerprint density at radius 2 is 2.10 bits per heavy atom. The second kappa shape index (κ2) is 7.23. The summed E-state index contributed by atoms with van der Waals surface area (Å²) in [5.74, 6) is 0.729. The van der Waals surface area contributed by atoms with E-state index in [9.17, 15) is 0 Å². The molecule has 3 rings (SSSR count). The predicted octanol–water partition coefficient (Wildman–Crippen LogP) is 2.77. The number of rotatable bonds is 6. The summed E-state index contributed by atoms with van der Waals surface area (Å²) in [4.78, 5) is 8.35. The summed E-state index contributed by atoms with van der Waals surface area (Å²) >= 11 is 1.99. The molecule has 1 atom stereocenters. The minimum Gasteiger partial charge on any atom is -0.312 e. The number of fused-ring (bicyclic) bond motifs is 1. The Kier molecular flexibility index (Phi) is 5.33. The molecule has 118 valence electrons. The summed E-state index contributed by atoms with van der Waals surface area (Å²) in [5.41, 5.74) is 0. The van der Waals surface area contributed by atoms with Crippen molar-refractivity contribution in [3.8, 4) is 0 Å². The molecule has 2 fully saturated rings. The van der Waals surface area contributed by atoms with Crippen LogP contribution in [0.25, 0.3) is 0 Å². The summed E-state index contributed by atoms with van der Waals surface area (Å²) in [6, 6.07) is 5.47. The van der Waals surface area contributed by atoms with Crippen molar-refractivity contribution in [3.05, 3.63) is 21.9 Å². The molecule has 1 N–H and O–H groups in total. The number of nitrogens with zero attached hydrogens (tertiary/aromatic N) is 2. The average Bonchev–Trinajstić information content (AvgIpc) is 3.07. The normalized spacial score (nSPS) is 23.9. The fourth-order valence-electron chi connectivity index (χ4n) is 3.51. The van der Waals surface area contributed by atoms with Crippen molar-refractivity contribution in [2.45, 2.75) is 45.8 Å². The molecule has 2 aliphatic rings. The maximum atomic E-state index is 3.54. The Morgan fingerprint density at radius 1 is 1.24 bits per heavy atom. The highest BCUT2D eigenvalue weighted by atomic mass is 32.1. The maximum absolute atomic E-state index is 3.54. The van der Waals surface area contributed by atoms with E-state index in [2.05, 4.69) is 41.1 Å². The molecule has 0 bridgehead atoms. The number of hydrogen-bond acceptors (Lipinski definition) is 4. The van der Waals surface area contributed by atoms with Crippen LogP contribution < -0.4 is 5.32 Å². The van der Waals surface area contributed by atoms with Gasteiger partial charge in [0.25, 0.3) is 0 Å². The predicted molar refractivity (Wildman–Crippen MR) is 90.7 cm³/mol. The molecule has 0 spiro atoms. The minimum absolute atomic E-state index is 0.729. The smallest absolute Gasteiger partial charge is 0.0329 e. The highest BCUT2D eigenvalue weighted by molar-refractivity contribution is 7.11. The van der Waals surface area contributed by atoms with Gasteiger partial charge >= 0.3 is 0 Å². The van der Waals surface area contributed by atoms with Crippen LogP contribution in [-0.4, -0.2) is 48.6 Å². The summed E-state index contributed by atoms with van der Waals surface area (Å²) in [6.45, 7) is 12.9. The summed E-state index contributed by atoms with van der Waals surface area (Å²) in [7, 11) is 0. The van der Waals surface area contributed by atoms with Gasteiger partial charge in [0.05, 0.1) is 0 Å². The first-order valence-corrected chi connectivity index (χ1v) is 9.27. The van der Waals surface area contributed by atoms with Crippen molar-refractivity contribution in [2.24, 2.45) is 5.92 Å². The second-order valence-electron chi connectivity index (χ2n) is 6.96. The SMILES string of the molecule is CC(C)CNCc1ccc(CN2CCN3CCCC3C2)s1. The van der Waals surface area contributed by atoms with Gasteiger partial charge in [0.2, 0.25) is 0 Å². The first kappa shape index (κ1) is 15.5. The molecule has 2 saturated heterocycles. The van der Waals surface area contributed by atoms with Gasteiger partial charge in [-0.2, -0.15) is 0 Å². The van der Waals surface area contributed by atoms with Crippen molar-refractivity contribution in [1.29, 1.82) is 0 Å². The molecule has 0 saturated carbocycles. The molecule has 3 heterocycles. The third kappa shape index (κ3) is 4.28. The fourth-order valence-corrected chi connectivity index (χ4v) is 4.54. The largest absolute Gasteiger partial charge is 0.312 e. The van der Waals surface area contributed by atoms with E-state index in [4.69, 9.17) is 0 Å².